The van der Waals surface area contributed by atoms with E-state index in [1.165, 1.54) is 75.3 Å². The molecule has 3 heteroatoms. The van der Waals surface area contributed by atoms with Gasteiger partial charge in [0.15, 0.2) is 0 Å². The van der Waals surface area contributed by atoms with Crippen LogP contribution in [0, 0.1) is 13.8 Å². The Balaban J connectivity index is 1.59. The van der Waals surface area contributed by atoms with Crippen LogP contribution in [0.3, 0.4) is 0 Å². The van der Waals surface area contributed by atoms with E-state index in [2.05, 4.69) is 53.8 Å². The van der Waals surface area contributed by atoms with Crippen LogP contribution in [-0.4, -0.2) is 62.2 Å². The lowest BCUT2D eigenvalue weighted by Crippen LogP contribution is -2.46. The van der Waals surface area contributed by atoms with Gasteiger partial charge < -0.3 is 9.80 Å². The number of hydrogen-bond donors (Lipinski definition) is 0. The van der Waals surface area contributed by atoms with Crippen molar-refractivity contribution in [3.63, 3.8) is 0 Å². The summed E-state index contributed by atoms with van der Waals surface area (Å²) in [4.78, 5) is 7.83. The van der Waals surface area contributed by atoms with E-state index in [-0.39, 0.29) is 0 Å². The SMILES string of the molecule is Cc1cccc(N2CCC(N3CCCN(C)CC3)CC2)c1C. The fourth-order valence-corrected chi connectivity index (χ4v) is 3.98. The molecule has 0 amide bonds. The molecule has 0 aliphatic carbocycles. The number of nitrogens with zero attached hydrogens (tertiary/aromatic N) is 3. The van der Waals surface area contributed by atoms with Crippen LogP contribution in [0.4, 0.5) is 5.69 Å². The minimum absolute atomic E-state index is 0.799. The molecule has 0 bridgehead atoms. The third-order valence-corrected chi connectivity index (χ3v) is 5.65. The summed E-state index contributed by atoms with van der Waals surface area (Å²) in [7, 11) is 2.26. The summed E-state index contributed by atoms with van der Waals surface area (Å²) < 4.78 is 0. The van der Waals surface area contributed by atoms with Crippen LogP contribution in [0.5, 0.6) is 0 Å². The fraction of sp³-hybridized carbons (Fsp3) is 0.684. The number of anilines is 1. The van der Waals surface area contributed by atoms with Gasteiger partial charge in [-0.3, -0.25) is 4.90 Å². The largest absolute Gasteiger partial charge is 0.371 e. The number of hydrogen-bond acceptors (Lipinski definition) is 3. The maximum absolute atomic E-state index is 2.75. The molecule has 2 fully saturated rings. The first-order valence-electron chi connectivity index (χ1n) is 8.89. The highest BCUT2D eigenvalue weighted by Crippen LogP contribution is 2.27. The number of rotatable bonds is 2. The number of benzene rings is 1. The van der Waals surface area contributed by atoms with E-state index in [1.807, 2.05) is 0 Å². The summed E-state index contributed by atoms with van der Waals surface area (Å²) >= 11 is 0. The predicted octanol–water partition coefficient (Wildman–Crippen LogP) is 2.91. The summed E-state index contributed by atoms with van der Waals surface area (Å²) in [6.07, 6.45) is 3.96. The molecule has 3 rings (SSSR count). The van der Waals surface area contributed by atoms with Crippen LogP contribution in [0.25, 0.3) is 0 Å². The number of likely N-dealkylation sites (N-methyl/N-ethyl adjacent to an activating group) is 1. The van der Waals surface area contributed by atoms with E-state index in [0.717, 1.165) is 6.04 Å². The van der Waals surface area contributed by atoms with E-state index in [1.54, 1.807) is 0 Å². The van der Waals surface area contributed by atoms with Gasteiger partial charge in [0, 0.05) is 37.9 Å². The molecule has 22 heavy (non-hydrogen) atoms. The summed E-state index contributed by atoms with van der Waals surface area (Å²) in [6.45, 7) is 11.9. The molecular weight excluding hydrogens is 270 g/mol. The standard InChI is InChI=1S/C19H31N3/c1-16-6-4-7-19(17(16)2)22-12-8-18(9-13-22)21-11-5-10-20(3)14-15-21/h4,6-7,18H,5,8-15H2,1-3H3. The van der Waals surface area contributed by atoms with Crippen LogP contribution < -0.4 is 4.90 Å². The zero-order valence-corrected chi connectivity index (χ0v) is 14.5. The Morgan fingerprint density at radius 1 is 0.909 bits per heavy atom. The monoisotopic (exact) mass is 301 g/mol. The van der Waals surface area contributed by atoms with Gasteiger partial charge in [-0.15, -0.1) is 0 Å². The van der Waals surface area contributed by atoms with Crippen molar-refractivity contribution in [1.82, 2.24) is 9.80 Å². The highest BCUT2D eigenvalue weighted by atomic mass is 15.2. The Kier molecular flexibility index (Phi) is 5.04. The summed E-state index contributed by atoms with van der Waals surface area (Å²) in [6, 6.07) is 7.52. The third-order valence-electron chi connectivity index (χ3n) is 5.65. The summed E-state index contributed by atoms with van der Waals surface area (Å²) in [5.74, 6) is 0. The molecule has 0 unspecified atom stereocenters. The van der Waals surface area contributed by atoms with E-state index >= 15 is 0 Å². The minimum Gasteiger partial charge on any atom is -0.371 e. The molecule has 0 radical (unpaired) electrons. The minimum atomic E-state index is 0.799. The second kappa shape index (κ2) is 7.01. The highest BCUT2D eigenvalue weighted by molar-refractivity contribution is 5.56. The van der Waals surface area contributed by atoms with Gasteiger partial charge in [-0.05, 0) is 70.4 Å². The van der Waals surface area contributed by atoms with E-state index < -0.39 is 0 Å². The molecule has 3 nitrogen and oxygen atoms in total. The van der Waals surface area contributed by atoms with E-state index in [4.69, 9.17) is 0 Å². The Morgan fingerprint density at radius 3 is 2.45 bits per heavy atom. The molecule has 122 valence electrons. The molecule has 2 aliphatic rings. The lowest BCUT2D eigenvalue weighted by Gasteiger charge is -2.39. The zero-order valence-electron chi connectivity index (χ0n) is 14.5. The second-order valence-electron chi connectivity index (χ2n) is 7.13. The van der Waals surface area contributed by atoms with Gasteiger partial charge in [-0.1, -0.05) is 12.1 Å². The average molecular weight is 301 g/mol. The van der Waals surface area contributed by atoms with Crippen molar-refractivity contribution >= 4 is 5.69 Å². The van der Waals surface area contributed by atoms with Crippen molar-refractivity contribution in [2.45, 2.75) is 39.2 Å². The molecule has 2 aliphatic heterocycles. The first-order chi connectivity index (χ1) is 10.6. The van der Waals surface area contributed by atoms with Gasteiger partial charge in [-0.25, -0.2) is 0 Å². The molecule has 1 aromatic rings. The molecule has 0 spiro atoms. The number of piperidine rings is 1. The van der Waals surface area contributed by atoms with Crippen LogP contribution in [0.15, 0.2) is 18.2 Å². The van der Waals surface area contributed by atoms with Crippen molar-refractivity contribution in [1.29, 1.82) is 0 Å². The molecule has 0 saturated carbocycles. The van der Waals surface area contributed by atoms with Gasteiger partial charge in [-0.2, -0.15) is 0 Å². The maximum Gasteiger partial charge on any atom is 0.0398 e. The normalized spacial score (nSPS) is 22.8. The first kappa shape index (κ1) is 15.8. The quantitative estimate of drug-likeness (QED) is 0.831. The molecule has 0 N–H and O–H groups in total. The van der Waals surface area contributed by atoms with Crippen molar-refractivity contribution in [2.75, 3.05) is 51.2 Å². The summed E-state index contributed by atoms with van der Waals surface area (Å²) in [5.41, 5.74) is 4.32. The Hall–Kier alpha value is -1.06. The van der Waals surface area contributed by atoms with Gasteiger partial charge in [0.05, 0.1) is 0 Å². The molecule has 2 saturated heterocycles. The van der Waals surface area contributed by atoms with Crippen LogP contribution >= 0.6 is 0 Å². The Morgan fingerprint density at radius 2 is 1.68 bits per heavy atom. The fourth-order valence-electron chi connectivity index (χ4n) is 3.98. The van der Waals surface area contributed by atoms with E-state index in [0.29, 0.717) is 0 Å². The molecular formula is C19H31N3. The van der Waals surface area contributed by atoms with Crippen molar-refractivity contribution in [2.24, 2.45) is 0 Å². The zero-order chi connectivity index (χ0) is 15.5. The molecule has 2 heterocycles. The van der Waals surface area contributed by atoms with Gasteiger partial charge in [0.1, 0.15) is 0 Å². The van der Waals surface area contributed by atoms with Gasteiger partial charge in [0.25, 0.3) is 0 Å². The van der Waals surface area contributed by atoms with Crippen molar-refractivity contribution < 1.29 is 0 Å². The Labute approximate surface area is 135 Å². The summed E-state index contributed by atoms with van der Waals surface area (Å²) in [5, 5.41) is 0. The maximum atomic E-state index is 2.75. The lowest BCUT2D eigenvalue weighted by molar-refractivity contribution is 0.174. The second-order valence-corrected chi connectivity index (χ2v) is 7.13. The van der Waals surface area contributed by atoms with E-state index in [9.17, 15) is 0 Å². The van der Waals surface area contributed by atoms with Gasteiger partial charge >= 0.3 is 0 Å². The molecule has 1 aromatic carbocycles. The first-order valence-corrected chi connectivity index (χ1v) is 8.89. The number of aryl methyl sites for hydroxylation is 1. The van der Waals surface area contributed by atoms with Gasteiger partial charge in [0.2, 0.25) is 0 Å². The Bertz CT molecular complexity index is 491. The van der Waals surface area contributed by atoms with Crippen LogP contribution in [0.2, 0.25) is 0 Å². The van der Waals surface area contributed by atoms with Crippen molar-refractivity contribution in [3.8, 4) is 0 Å². The third kappa shape index (κ3) is 3.47. The topological polar surface area (TPSA) is 9.72 Å². The highest BCUT2D eigenvalue weighted by Gasteiger charge is 2.26. The average Bonchev–Trinajstić information content (AvgIpc) is 2.75. The smallest absolute Gasteiger partial charge is 0.0398 e. The molecule has 0 aromatic heterocycles. The predicted molar refractivity (Wildman–Crippen MR) is 94.8 cm³/mol. The lowest BCUT2D eigenvalue weighted by atomic mass is 10.00. The van der Waals surface area contributed by atoms with Crippen LogP contribution in [0.1, 0.15) is 30.4 Å². The van der Waals surface area contributed by atoms with Crippen LogP contribution in [-0.2, 0) is 0 Å². The molecule has 0 atom stereocenters. The van der Waals surface area contributed by atoms with Crippen molar-refractivity contribution in [3.05, 3.63) is 29.3 Å².